The van der Waals surface area contributed by atoms with E-state index in [1.807, 2.05) is 37.3 Å². The van der Waals surface area contributed by atoms with E-state index in [4.69, 9.17) is 0 Å². The smallest absolute Gasteiger partial charge is 0.298 e. The first-order valence-electron chi connectivity index (χ1n) is 11.1. The quantitative estimate of drug-likeness (QED) is 0.392. The van der Waals surface area contributed by atoms with Gasteiger partial charge in [0.2, 0.25) is 0 Å². The van der Waals surface area contributed by atoms with E-state index in [0.29, 0.717) is 28.1 Å². The molecule has 0 unspecified atom stereocenters. The van der Waals surface area contributed by atoms with Crippen LogP contribution in [0.1, 0.15) is 27.0 Å². The lowest BCUT2D eigenvalue weighted by Gasteiger charge is -2.15. The minimum Gasteiger partial charge on any atom is -0.298 e. The van der Waals surface area contributed by atoms with Gasteiger partial charge in [-0.25, -0.2) is 9.78 Å². The number of benzene rings is 3. The molecule has 1 N–H and O–H groups in total. The van der Waals surface area contributed by atoms with Gasteiger partial charge >= 0.3 is 5.69 Å². The summed E-state index contributed by atoms with van der Waals surface area (Å²) in [5.41, 5.74) is 3.21. The molecular formula is C27H22N4O3S. The van der Waals surface area contributed by atoms with Gasteiger partial charge in [-0.3, -0.25) is 24.0 Å². The number of aryl methyl sites for hydroxylation is 1. The molecule has 0 saturated carbocycles. The van der Waals surface area contributed by atoms with Gasteiger partial charge < -0.3 is 0 Å². The molecule has 7 nitrogen and oxygen atoms in total. The Hall–Kier alpha value is -4.30. The van der Waals surface area contributed by atoms with Crippen LogP contribution in [-0.2, 0) is 13.1 Å². The van der Waals surface area contributed by atoms with E-state index in [0.717, 1.165) is 16.7 Å². The monoisotopic (exact) mass is 482 g/mol. The Morgan fingerprint density at radius 3 is 2.23 bits per heavy atom. The molecule has 5 aromatic rings. The Morgan fingerprint density at radius 1 is 0.886 bits per heavy atom. The fraction of sp³-hybridized carbons (Fsp3) is 0.111. The number of anilines is 1. The van der Waals surface area contributed by atoms with Crippen molar-refractivity contribution in [2.75, 3.05) is 5.32 Å². The number of para-hydroxylation sites is 1. The van der Waals surface area contributed by atoms with Crippen molar-refractivity contribution in [2.24, 2.45) is 0 Å². The summed E-state index contributed by atoms with van der Waals surface area (Å²) in [5, 5.41) is 5.53. The summed E-state index contributed by atoms with van der Waals surface area (Å²) >= 11 is 1.34. The van der Waals surface area contributed by atoms with Crippen LogP contribution in [0.15, 0.2) is 94.0 Å². The van der Waals surface area contributed by atoms with Gasteiger partial charge in [-0.2, -0.15) is 0 Å². The third kappa shape index (κ3) is 4.69. The summed E-state index contributed by atoms with van der Waals surface area (Å²) < 4.78 is 2.89. The number of carbonyl (C=O) groups excluding carboxylic acids is 1. The zero-order chi connectivity index (χ0) is 24.4. The molecule has 0 aliphatic rings. The number of aromatic nitrogens is 3. The maximum Gasteiger partial charge on any atom is 0.332 e. The van der Waals surface area contributed by atoms with Gasteiger partial charge in [0.15, 0.2) is 5.13 Å². The lowest BCUT2D eigenvalue weighted by Crippen LogP contribution is -2.40. The van der Waals surface area contributed by atoms with Crippen molar-refractivity contribution in [1.29, 1.82) is 0 Å². The lowest BCUT2D eigenvalue weighted by molar-refractivity contribution is 0.102. The number of thiazole rings is 1. The van der Waals surface area contributed by atoms with Crippen LogP contribution in [-0.4, -0.2) is 20.0 Å². The Morgan fingerprint density at radius 2 is 1.54 bits per heavy atom. The first-order chi connectivity index (χ1) is 17.0. The highest BCUT2D eigenvalue weighted by Gasteiger charge is 2.14. The molecule has 0 bridgehead atoms. The minimum atomic E-state index is -0.375. The molecule has 0 fully saturated rings. The van der Waals surface area contributed by atoms with Crippen molar-refractivity contribution in [3.05, 3.63) is 127 Å². The van der Waals surface area contributed by atoms with Crippen molar-refractivity contribution >= 4 is 33.3 Å². The molecule has 0 aliphatic heterocycles. The molecule has 0 aliphatic carbocycles. The third-order valence-electron chi connectivity index (χ3n) is 5.80. The summed E-state index contributed by atoms with van der Waals surface area (Å²) in [5.74, 6) is -0.269. The van der Waals surface area contributed by atoms with Crippen LogP contribution in [0, 0.1) is 6.92 Å². The number of rotatable bonds is 6. The van der Waals surface area contributed by atoms with E-state index in [1.165, 1.54) is 15.9 Å². The number of fused-ring (bicyclic) bond motifs is 1. The first-order valence-corrected chi connectivity index (χ1v) is 12.0. The van der Waals surface area contributed by atoms with Gasteiger partial charge in [-0.15, -0.1) is 11.3 Å². The predicted molar refractivity (Wildman–Crippen MR) is 138 cm³/mol. The van der Waals surface area contributed by atoms with E-state index in [2.05, 4.69) is 10.3 Å². The number of nitrogens with one attached hydrogen (secondary N) is 1. The number of hydrogen-bond acceptors (Lipinski definition) is 5. The van der Waals surface area contributed by atoms with Crippen LogP contribution in [0.4, 0.5) is 5.13 Å². The Balaban J connectivity index is 1.48. The predicted octanol–water partition coefficient (Wildman–Crippen LogP) is 4.28. The first kappa shape index (κ1) is 22.5. The van der Waals surface area contributed by atoms with Crippen molar-refractivity contribution < 1.29 is 4.79 Å². The fourth-order valence-corrected chi connectivity index (χ4v) is 4.46. The second-order valence-corrected chi connectivity index (χ2v) is 9.15. The van der Waals surface area contributed by atoms with Gasteiger partial charge in [0, 0.05) is 17.1 Å². The fourth-order valence-electron chi connectivity index (χ4n) is 3.94. The molecule has 174 valence electrons. The highest BCUT2D eigenvalue weighted by molar-refractivity contribution is 7.13. The van der Waals surface area contributed by atoms with Crippen molar-refractivity contribution in [1.82, 2.24) is 14.1 Å². The van der Waals surface area contributed by atoms with Crippen LogP contribution < -0.4 is 16.6 Å². The van der Waals surface area contributed by atoms with Gasteiger partial charge in [-0.05, 0) is 42.3 Å². The van der Waals surface area contributed by atoms with Crippen molar-refractivity contribution in [3.63, 3.8) is 0 Å². The Kier molecular flexibility index (Phi) is 6.12. The van der Waals surface area contributed by atoms with Crippen LogP contribution in [0.25, 0.3) is 10.9 Å². The molecule has 0 radical (unpaired) electrons. The van der Waals surface area contributed by atoms with E-state index < -0.39 is 0 Å². The lowest BCUT2D eigenvalue weighted by atomic mass is 10.1. The highest BCUT2D eigenvalue weighted by Crippen LogP contribution is 2.14. The van der Waals surface area contributed by atoms with Gasteiger partial charge in [0.1, 0.15) is 0 Å². The molecule has 3 aromatic carbocycles. The molecule has 0 saturated heterocycles. The van der Waals surface area contributed by atoms with E-state index in [1.54, 1.807) is 58.6 Å². The van der Waals surface area contributed by atoms with Gasteiger partial charge in [-0.1, -0.05) is 54.1 Å². The number of nitrogens with zero attached hydrogens (tertiary/aromatic N) is 3. The van der Waals surface area contributed by atoms with E-state index in [9.17, 15) is 14.4 Å². The summed E-state index contributed by atoms with van der Waals surface area (Å²) in [4.78, 5) is 43.2. The zero-order valence-corrected chi connectivity index (χ0v) is 19.8. The van der Waals surface area contributed by atoms with Crippen molar-refractivity contribution in [2.45, 2.75) is 20.0 Å². The molecule has 0 spiro atoms. The maximum absolute atomic E-state index is 13.5. The molecule has 0 atom stereocenters. The topological polar surface area (TPSA) is 86.0 Å². The summed E-state index contributed by atoms with van der Waals surface area (Å²) in [7, 11) is 0. The van der Waals surface area contributed by atoms with E-state index >= 15 is 0 Å². The second kappa shape index (κ2) is 9.52. The molecule has 8 heteroatoms. The van der Waals surface area contributed by atoms with Crippen LogP contribution in [0.5, 0.6) is 0 Å². The number of amides is 1. The average molecular weight is 483 g/mol. The normalized spacial score (nSPS) is 11.0. The average Bonchev–Trinajstić information content (AvgIpc) is 3.39. The van der Waals surface area contributed by atoms with Crippen molar-refractivity contribution in [3.8, 4) is 0 Å². The number of carbonyl (C=O) groups is 1. The standard InChI is InChI=1S/C27H22N4O3S/c1-18-6-8-19(9-7-18)16-30-23-5-3-2-4-22(23)25(33)31(27(30)34)17-20-10-12-21(13-11-20)24(32)29-26-28-14-15-35-26/h2-15H,16-17H2,1H3,(H,28,29,32). The Labute approximate surface area is 204 Å². The summed E-state index contributed by atoms with van der Waals surface area (Å²) in [6, 6.07) is 22.0. The van der Waals surface area contributed by atoms with Gasteiger partial charge in [0.05, 0.1) is 24.0 Å². The summed E-state index contributed by atoms with van der Waals surface area (Å²) in [6.07, 6.45) is 1.62. The maximum atomic E-state index is 13.5. The molecule has 35 heavy (non-hydrogen) atoms. The van der Waals surface area contributed by atoms with Crippen LogP contribution in [0.2, 0.25) is 0 Å². The van der Waals surface area contributed by atoms with Crippen LogP contribution >= 0.6 is 11.3 Å². The number of hydrogen-bond donors (Lipinski definition) is 1. The highest BCUT2D eigenvalue weighted by atomic mass is 32.1. The second-order valence-electron chi connectivity index (χ2n) is 8.25. The van der Waals surface area contributed by atoms with E-state index in [-0.39, 0.29) is 23.7 Å². The molecule has 5 rings (SSSR count). The molecule has 2 heterocycles. The van der Waals surface area contributed by atoms with Crippen LogP contribution in [0.3, 0.4) is 0 Å². The SMILES string of the molecule is Cc1ccc(Cn2c(=O)n(Cc3ccc(C(=O)Nc4nccs4)cc3)c(=O)c3ccccc32)cc1. The largest absolute Gasteiger partial charge is 0.332 e. The Bertz CT molecular complexity index is 1620. The van der Waals surface area contributed by atoms with Gasteiger partial charge in [0.25, 0.3) is 11.5 Å². The third-order valence-corrected chi connectivity index (χ3v) is 6.49. The molecular weight excluding hydrogens is 460 g/mol. The summed E-state index contributed by atoms with van der Waals surface area (Å²) in [6.45, 7) is 2.47. The minimum absolute atomic E-state index is 0.102. The molecule has 1 amide bonds. The molecule has 2 aromatic heterocycles. The zero-order valence-electron chi connectivity index (χ0n) is 19.0.